The molecule has 1 unspecified atom stereocenters. The molecule has 1 N–H and O–H groups in total. The van der Waals surface area contributed by atoms with Crippen molar-refractivity contribution in [3.05, 3.63) is 18.1 Å². The van der Waals surface area contributed by atoms with Gasteiger partial charge in [-0.25, -0.2) is 4.98 Å². The predicted molar refractivity (Wildman–Crippen MR) is 61.0 cm³/mol. The molecule has 1 saturated heterocycles. The number of nitrogens with one attached hydrogen (secondary N) is 1. The lowest BCUT2D eigenvalue weighted by molar-refractivity contribution is 0.548. The van der Waals surface area contributed by atoms with Gasteiger partial charge in [0, 0.05) is 25.5 Å². The van der Waals surface area contributed by atoms with Gasteiger partial charge in [0.15, 0.2) is 0 Å². The summed E-state index contributed by atoms with van der Waals surface area (Å²) in [6, 6.07) is 0. The smallest absolute Gasteiger partial charge is 0.150 e. The number of aryl methyl sites for hydroxylation is 1. The maximum Gasteiger partial charge on any atom is 0.150 e. The monoisotopic (exact) mass is 206 g/mol. The van der Waals surface area contributed by atoms with Crippen LogP contribution in [0.4, 0.5) is 5.82 Å². The molecule has 0 saturated carbocycles. The van der Waals surface area contributed by atoms with Crippen LogP contribution in [-0.4, -0.2) is 36.6 Å². The van der Waals surface area contributed by atoms with E-state index in [1.54, 1.807) is 12.4 Å². The van der Waals surface area contributed by atoms with E-state index in [1.807, 2.05) is 14.0 Å². The minimum absolute atomic E-state index is 0.747. The fourth-order valence-electron chi connectivity index (χ4n) is 2.19. The second-order valence-corrected chi connectivity index (χ2v) is 4.12. The molecule has 0 amide bonds. The topological polar surface area (TPSA) is 41.0 Å². The standard InChI is InChI=1S/C11H18N4/c1-9-11(14-5-4-13-9)15-6-3-10(8-15)7-12-2/h4-5,10,12H,3,6-8H2,1-2H3. The van der Waals surface area contributed by atoms with E-state index in [4.69, 9.17) is 0 Å². The molecule has 1 aromatic rings. The number of anilines is 1. The summed E-state index contributed by atoms with van der Waals surface area (Å²) in [5, 5.41) is 3.23. The molecule has 1 aliphatic rings. The highest BCUT2D eigenvalue weighted by Gasteiger charge is 2.23. The zero-order valence-electron chi connectivity index (χ0n) is 9.40. The molecule has 15 heavy (non-hydrogen) atoms. The molecule has 2 heterocycles. The van der Waals surface area contributed by atoms with Gasteiger partial charge in [-0.15, -0.1) is 0 Å². The molecule has 82 valence electrons. The molecule has 4 nitrogen and oxygen atoms in total. The van der Waals surface area contributed by atoms with E-state index in [-0.39, 0.29) is 0 Å². The normalized spacial score (nSPS) is 20.9. The molecule has 1 aromatic heterocycles. The number of rotatable bonds is 3. The molecule has 1 fully saturated rings. The summed E-state index contributed by atoms with van der Waals surface area (Å²) >= 11 is 0. The Labute approximate surface area is 90.7 Å². The summed E-state index contributed by atoms with van der Waals surface area (Å²) in [4.78, 5) is 11.0. The third kappa shape index (κ3) is 2.26. The number of nitrogens with zero attached hydrogens (tertiary/aromatic N) is 3. The molecule has 0 bridgehead atoms. The Hall–Kier alpha value is -1.16. The van der Waals surface area contributed by atoms with Crippen molar-refractivity contribution in [2.45, 2.75) is 13.3 Å². The molecule has 4 heteroatoms. The van der Waals surface area contributed by atoms with Crippen LogP contribution in [0.25, 0.3) is 0 Å². The first-order valence-corrected chi connectivity index (χ1v) is 5.48. The zero-order chi connectivity index (χ0) is 10.7. The van der Waals surface area contributed by atoms with Crippen LogP contribution in [0.2, 0.25) is 0 Å². The summed E-state index contributed by atoms with van der Waals surface area (Å²) in [5.74, 6) is 1.80. The van der Waals surface area contributed by atoms with Crippen molar-refractivity contribution in [1.29, 1.82) is 0 Å². The van der Waals surface area contributed by atoms with E-state index in [0.29, 0.717) is 0 Å². The maximum absolute atomic E-state index is 4.40. The minimum Gasteiger partial charge on any atom is -0.355 e. The Morgan fingerprint density at radius 1 is 1.47 bits per heavy atom. The first-order valence-electron chi connectivity index (χ1n) is 5.48. The number of aromatic nitrogens is 2. The molecule has 0 aromatic carbocycles. The van der Waals surface area contributed by atoms with Gasteiger partial charge in [-0.3, -0.25) is 4.98 Å². The van der Waals surface area contributed by atoms with Crippen molar-refractivity contribution in [3.8, 4) is 0 Å². The summed E-state index contributed by atoms with van der Waals surface area (Å²) < 4.78 is 0. The van der Waals surface area contributed by atoms with Gasteiger partial charge in [-0.05, 0) is 32.9 Å². The summed E-state index contributed by atoms with van der Waals surface area (Å²) in [7, 11) is 2.01. The molecule has 1 atom stereocenters. The van der Waals surface area contributed by atoms with Gasteiger partial charge in [-0.1, -0.05) is 0 Å². The first-order chi connectivity index (χ1) is 7.31. The van der Waals surface area contributed by atoms with E-state index in [0.717, 1.165) is 37.1 Å². The fraction of sp³-hybridized carbons (Fsp3) is 0.636. The molecular weight excluding hydrogens is 188 g/mol. The second-order valence-electron chi connectivity index (χ2n) is 4.12. The summed E-state index contributed by atoms with van der Waals surface area (Å²) in [6.45, 7) is 5.32. The van der Waals surface area contributed by atoms with E-state index in [2.05, 4.69) is 20.2 Å². The molecule has 1 aliphatic heterocycles. The average molecular weight is 206 g/mol. The number of hydrogen-bond acceptors (Lipinski definition) is 4. The Balaban J connectivity index is 2.04. The Morgan fingerprint density at radius 2 is 2.27 bits per heavy atom. The first kappa shape index (κ1) is 10.4. The summed E-state index contributed by atoms with van der Waals surface area (Å²) in [5.41, 5.74) is 1.03. The highest BCUT2D eigenvalue weighted by atomic mass is 15.2. The van der Waals surface area contributed by atoms with Crippen molar-refractivity contribution in [1.82, 2.24) is 15.3 Å². The van der Waals surface area contributed by atoms with Crippen molar-refractivity contribution in [2.24, 2.45) is 5.92 Å². The van der Waals surface area contributed by atoms with Gasteiger partial charge < -0.3 is 10.2 Å². The van der Waals surface area contributed by atoms with Gasteiger partial charge in [0.05, 0.1) is 5.69 Å². The third-order valence-electron chi connectivity index (χ3n) is 2.93. The Bertz CT molecular complexity index is 326. The Kier molecular flexibility index (Phi) is 3.16. The number of hydrogen-bond donors (Lipinski definition) is 1. The fourth-order valence-corrected chi connectivity index (χ4v) is 2.19. The maximum atomic E-state index is 4.40. The lowest BCUT2D eigenvalue weighted by atomic mass is 10.1. The van der Waals surface area contributed by atoms with Crippen LogP contribution in [0.1, 0.15) is 12.1 Å². The highest BCUT2D eigenvalue weighted by Crippen LogP contribution is 2.22. The van der Waals surface area contributed by atoms with Crippen LogP contribution in [0, 0.1) is 12.8 Å². The van der Waals surface area contributed by atoms with Gasteiger partial charge in [0.2, 0.25) is 0 Å². The van der Waals surface area contributed by atoms with Crippen molar-refractivity contribution in [2.75, 3.05) is 31.6 Å². The molecular formula is C11H18N4. The van der Waals surface area contributed by atoms with Crippen LogP contribution in [0.15, 0.2) is 12.4 Å². The lowest BCUT2D eigenvalue weighted by Gasteiger charge is -2.18. The highest BCUT2D eigenvalue weighted by molar-refractivity contribution is 5.43. The zero-order valence-corrected chi connectivity index (χ0v) is 9.40. The third-order valence-corrected chi connectivity index (χ3v) is 2.93. The van der Waals surface area contributed by atoms with E-state index >= 15 is 0 Å². The van der Waals surface area contributed by atoms with Gasteiger partial charge in [0.1, 0.15) is 5.82 Å². The van der Waals surface area contributed by atoms with Crippen molar-refractivity contribution in [3.63, 3.8) is 0 Å². The van der Waals surface area contributed by atoms with Crippen LogP contribution in [0.3, 0.4) is 0 Å². The lowest BCUT2D eigenvalue weighted by Crippen LogP contribution is -2.25. The van der Waals surface area contributed by atoms with E-state index < -0.39 is 0 Å². The van der Waals surface area contributed by atoms with Crippen LogP contribution in [-0.2, 0) is 0 Å². The van der Waals surface area contributed by atoms with Gasteiger partial charge in [-0.2, -0.15) is 0 Å². The van der Waals surface area contributed by atoms with Crippen LogP contribution in [0.5, 0.6) is 0 Å². The molecule has 0 aliphatic carbocycles. The quantitative estimate of drug-likeness (QED) is 0.795. The van der Waals surface area contributed by atoms with Gasteiger partial charge >= 0.3 is 0 Å². The van der Waals surface area contributed by atoms with Crippen LogP contribution >= 0.6 is 0 Å². The second kappa shape index (κ2) is 4.57. The minimum atomic E-state index is 0.747. The predicted octanol–water partition coefficient (Wildman–Crippen LogP) is 0.831. The van der Waals surface area contributed by atoms with E-state index in [9.17, 15) is 0 Å². The average Bonchev–Trinajstić information content (AvgIpc) is 2.68. The SMILES string of the molecule is CNCC1CCN(c2nccnc2C)C1. The van der Waals surface area contributed by atoms with Crippen LogP contribution < -0.4 is 10.2 Å². The van der Waals surface area contributed by atoms with Crippen molar-refractivity contribution < 1.29 is 0 Å². The molecule has 0 spiro atoms. The Morgan fingerprint density at radius 3 is 3.00 bits per heavy atom. The largest absolute Gasteiger partial charge is 0.355 e. The summed E-state index contributed by atoms with van der Waals surface area (Å²) in [6.07, 6.45) is 4.77. The van der Waals surface area contributed by atoms with Crippen molar-refractivity contribution >= 4 is 5.82 Å². The van der Waals surface area contributed by atoms with Gasteiger partial charge in [0.25, 0.3) is 0 Å². The molecule has 2 rings (SSSR count). The van der Waals surface area contributed by atoms with E-state index in [1.165, 1.54) is 6.42 Å². The molecule has 0 radical (unpaired) electrons.